The average molecular weight is 624 g/mol. The van der Waals surface area contributed by atoms with Crippen LogP contribution in [0.2, 0.25) is 0 Å². The molecule has 3 aromatic rings. The van der Waals surface area contributed by atoms with Crippen molar-refractivity contribution in [3.8, 4) is 11.5 Å². The number of hydrogen-bond acceptors (Lipinski definition) is 4. The molecule has 198 valence electrons. The zero-order valence-electron chi connectivity index (χ0n) is 22.2. The lowest BCUT2D eigenvalue weighted by atomic mass is 9.50. The van der Waals surface area contributed by atoms with Crippen LogP contribution in [0.15, 0.2) is 72.8 Å². The Kier molecular flexibility index (Phi) is 7.39. The van der Waals surface area contributed by atoms with Crippen molar-refractivity contribution >= 4 is 5.97 Å². The number of carbonyl (C=O) groups is 1. The highest BCUT2D eigenvalue weighted by atomic mass is 127. The Morgan fingerprint density at radius 2 is 1.29 bits per heavy atom. The first-order valence-corrected chi connectivity index (χ1v) is 16.0. The predicted octanol–water partition coefficient (Wildman–Crippen LogP) is 3.84. The fraction of sp³-hybridized carbons (Fsp3) is 0.424. The molecule has 4 aliphatic carbocycles. The SMILES string of the molecule is Cc1ccc([I+]c2ccc(OCc3ccc(OCC(=O)OC4(C)C5CC6CC(C5)CC4C6)cc3)cc2)cc1. The summed E-state index contributed by atoms with van der Waals surface area (Å²) in [6.45, 7) is 4.73. The van der Waals surface area contributed by atoms with Gasteiger partial charge in [-0.2, -0.15) is 0 Å². The molecule has 4 aliphatic rings. The summed E-state index contributed by atoms with van der Waals surface area (Å²) in [4.78, 5) is 12.7. The number of benzene rings is 3. The van der Waals surface area contributed by atoms with Gasteiger partial charge in [0.15, 0.2) is 13.7 Å². The van der Waals surface area contributed by atoms with Crippen LogP contribution in [0.4, 0.5) is 0 Å². The monoisotopic (exact) mass is 623 g/mol. The third-order valence-electron chi connectivity index (χ3n) is 8.82. The molecule has 0 aromatic heterocycles. The van der Waals surface area contributed by atoms with Crippen molar-refractivity contribution in [3.05, 3.63) is 91.1 Å². The topological polar surface area (TPSA) is 44.8 Å². The first-order chi connectivity index (χ1) is 18.4. The molecule has 38 heavy (non-hydrogen) atoms. The first kappa shape index (κ1) is 25.7. The van der Waals surface area contributed by atoms with E-state index < -0.39 is 0 Å². The largest absolute Gasteiger partial charge is 0.489 e. The van der Waals surface area contributed by atoms with Gasteiger partial charge in [-0.3, -0.25) is 0 Å². The summed E-state index contributed by atoms with van der Waals surface area (Å²) < 4.78 is 20.7. The molecule has 0 N–H and O–H groups in total. The second-order valence-electron chi connectivity index (χ2n) is 11.5. The summed E-state index contributed by atoms with van der Waals surface area (Å²) in [5.41, 5.74) is 2.04. The van der Waals surface area contributed by atoms with Crippen LogP contribution in [0.3, 0.4) is 0 Å². The fourth-order valence-corrected chi connectivity index (χ4v) is 9.03. The lowest BCUT2D eigenvalue weighted by Gasteiger charge is -2.59. The molecule has 4 nitrogen and oxygen atoms in total. The van der Waals surface area contributed by atoms with Crippen molar-refractivity contribution < 1.29 is 40.2 Å². The van der Waals surface area contributed by atoms with E-state index >= 15 is 0 Å². The van der Waals surface area contributed by atoms with E-state index in [1.807, 2.05) is 24.3 Å². The van der Waals surface area contributed by atoms with Gasteiger partial charge in [0.05, 0.1) is 0 Å². The molecule has 0 spiro atoms. The minimum absolute atomic E-state index is 0.0463. The number of ether oxygens (including phenoxy) is 3. The third kappa shape index (κ3) is 5.73. The maximum atomic E-state index is 12.7. The van der Waals surface area contributed by atoms with Crippen LogP contribution in [0.5, 0.6) is 11.5 Å². The number of hydrogen-bond donors (Lipinski definition) is 0. The molecule has 0 saturated heterocycles. The number of carbonyl (C=O) groups excluding carboxylic acids is 1. The molecule has 0 amide bonds. The van der Waals surface area contributed by atoms with Crippen LogP contribution >= 0.6 is 0 Å². The molecule has 0 aliphatic heterocycles. The van der Waals surface area contributed by atoms with Crippen molar-refractivity contribution in [1.82, 2.24) is 0 Å². The van der Waals surface area contributed by atoms with Gasteiger partial charge in [0, 0.05) is 0 Å². The van der Waals surface area contributed by atoms with Crippen molar-refractivity contribution in [2.45, 2.75) is 58.2 Å². The Morgan fingerprint density at radius 3 is 1.89 bits per heavy atom. The molecule has 4 saturated carbocycles. The quantitative estimate of drug-likeness (QED) is 0.269. The standard InChI is InChI=1S/C33H36IO4/c1-22-3-7-28(8-4-22)34-29-9-13-31(14-10-29)36-20-23-5-11-30(12-6-23)37-21-32(35)38-33(2)26-16-24-15-25(18-26)19-27(33)17-24/h3-14,24-27H,15-21H2,1-2H3/q+1. The number of aryl methyl sites for hydroxylation is 1. The minimum Gasteiger partial charge on any atom is -0.489 e. The third-order valence-corrected chi connectivity index (χ3v) is 11.5. The number of halogens is 1. The van der Waals surface area contributed by atoms with Gasteiger partial charge in [0.25, 0.3) is 0 Å². The van der Waals surface area contributed by atoms with Gasteiger partial charge in [-0.15, -0.1) is 0 Å². The van der Waals surface area contributed by atoms with Gasteiger partial charge in [-0.25, -0.2) is 4.79 Å². The Morgan fingerprint density at radius 1 is 0.763 bits per heavy atom. The zero-order valence-corrected chi connectivity index (χ0v) is 24.4. The highest BCUT2D eigenvalue weighted by Gasteiger charge is 2.57. The molecule has 3 aromatic carbocycles. The second-order valence-corrected chi connectivity index (χ2v) is 14.6. The lowest BCUT2D eigenvalue weighted by molar-refractivity contribution is -0.597. The highest BCUT2D eigenvalue weighted by Crippen LogP contribution is 2.59. The van der Waals surface area contributed by atoms with E-state index in [1.165, 1.54) is 44.8 Å². The van der Waals surface area contributed by atoms with Crippen LogP contribution in [0.25, 0.3) is 0 Å². The van der Waals surface area contributed by atoms with Crippen LogP contribution < -0.4 is 30.7 Å². The molecule has 7 rings (SSSR count). The molecular weight excluding hydrogens is 587 g/mol. The normalized spacial score (nSPS) is 27.2. The van der Waals surface area contributed by atoms with Crippen molar-refractivity contribution in [1.29, 1.82) is 0 Å². The van der Waals surface area contributed by atoms with Crippen LogP contribution in [-0.4, -0.2) is 18.2 Å². The Hall–Kier alpha value is -2.54. The summed E-state index contributed by atoms with van der Waals surface area (Å²) in [5.74, 6) is 4.04. The molecule has 4 fully saturated rings. The molecule has 0 radical (unpaired) electrons. The molecule has 0 atom stereocenters. The van der Waals surface area contributed by atoms with Gasteiger partial charge >= 0.3 is 27.2 Å². The smallest absolute Gasteiger partial charge is 0.357 e. The maximum Gasteiger partial charge on any atom is 0.357 e. The lowest BCUT2D eigenvalue weighted by Crippen LogP contribution is -3.61. The maximum absolute atomic E-state index is 12.7. The summed E-state index contributed by atoms with van der Waals surface area (Å²) in [5, 5.41) is 0. The molecular formula is C33H36IO4+. The van der Waals surface area contributed by atoms with Gasteiger partial charge in [-0.05, 0) is 124 Å². The zero-order chi connectivity index (χ0) is 26.1. The van der Waals surface area contributed by atoms with Crippen molar-refractivity contribution in [2.75, 3.05) is 6.61 Å². The van der Waals surface area contributed by atoms with Crippen molar-refractivity contribution in [3.63, 3.8) is 0 Å². The average Bonchev–Trinajstić information content (AvgIpc) is 2.92. The van der Waals surface area contributed by atoms with E-state index in [-0.39, 0.29) is 39.4 Å². The number of esters is 1. The first-order valence-electron chi connectivity index (χ1n) is 13.8. The number of rotatable bonds is 9. The van der Waals surface area contributed by atoms with Gasteiger partial charge in [0.1, 0.15) is 23.7 Å². The molecule has 0 unspecified atom stereocenters. The van der Waals surface area contributed by atoms with Gasteiger partial charge < -0.3 is 14.2 Å². The van der Waals surface area contributed by atoms with Gasteiger partial charge in [0.2, 0.25) is 0 Å². The van der Waals surface area contributed by atoms with E-state index in [9.17, 15) is 4.79 Å². The highest BCUT2D eigenvalue weighted by molar-refractivity contribution is 5.71. The molecule has 5 heteroatoms. The predicted molar refractivity (Wildman–Crippen MR) is 143 cm³/mol. The summed E-state index contributed by atoms with van der Waals surface area (Å²) >= 11 is -0.178. The fourth-order valence-electron chi connectivity index (χ4n) is 6.87. The van der Waals surface area contributed by atoms with E-state index in [0.29, 0.717) is 24.2 Å². The Labute approximate surface area is 236 Å². The van der Waals surface area contributed by atoms with Crippen LogP contribution in [0.1, 0.15) is 50.2 Å². The van der Waals surface area contributed by atoms with E-state index in [0.717, 1.165) is 23.1 Å². The minimum atomic E-state index is -0.310. The second kappa shape index (κ2) is 10.9. The van der Waals surface area contributed by atoms with E-state index in [4.69, 9.17) is 14.2 Å². The molecule has 0 heterocycles. The Balaban J connectivity index is 0.955. The summed E-state index contributed by atoms with van der Waals surface area (Å²) in [6.07, 6.45) is 6.28. The van der Waals surface area contributed by atoms with Crippen LogP contribution in [0, 0.1) is 37.7 Å². The van der Waals surface area contributed by atoms with E-state index in [2.05, 4.69) is 62.4 Å². The van der Waals surface area contributed by atoms with Crippen LogP contribution in [-0.2, 0) is 16.1 Å². The summed E-state index contributed by atoms with van der Waals surface area (Å²) in [6, 6.07) is 25.0. The summed E-state index contributed by atoms with van der Waals surface area (Å²) in [7, 11) is 0. The molecule has 4 bridgehead atoms. The van der Waals surface area contributed by atoms with E-state index in [1.54, 1.807) is 0 Å². The van der Waals surface area contributed by atoms with Gasteiger partial charge in [-0.1, -0.05) is 29.8 Å². The van der Waals surface area contributed by atoms with Crippen molar-refractivity contribution in [2.24, 2.45) is 23.7 Å². The Bertz CT molecular complexity index is 1220.